The van der Waals surface area contributed by atoms with E-state index in [1.165, 1.54) is 36.7 Å². The van der Waals surface area contributed by atoms with E-state index >= 15 is 0 Å². The Balaban J connectivity index is 2.14. The molecule has 0 aliphatic rings. The minimum Gasteiger partial charge on any atom is -0.322 e. The van der Waals surface area contributed by atoms with Gasteiger partial charge in [-0.15, -0.1) is 0 Å². The van der Waals surface area contributed by atoms with E-state index in [1.54, 1.807) is 0 Å². The Hall–Kier alpha value is -2.15. The molecule has 0 bridgehead atoms. The Morgan fingerprint density at radius 3 is 2.44 bits per heavy atom. The molecule has 2 aromatic rings. The first-order chi connectivity index (χ1) is 8.47. The molecule has 1 aromatic carbocycles. The molecule has 0 atom stereocenters. The maximum Gasteiger partial charge on any atom is 0.258 e. The van der Waals surface area contributed by atoms with Crippen molar-refractivity contribution in [1.29, 1.82) is 0 Å². The minimum atomic E-state index is -3.22. The average Bonchev–Trinajstić information content (AvgIpc) is 2.82. The van der Waals surface area contributed by atoms with Crippen LogP contribution in [0, 0.1) is 0 Å². The Morgan fingerprint density at radius 2 is 1.94 bits per heavy atom. The molecule has 0 spiro atoms. The van der Waals surface area contributed by atoms with Crippen LogP contribution < -0.4 is 5.32 Å². The molecule has 1 heterocycles. The highest BCUT2D eigenvalue weighted by molar-refractivity contribution is 7.90. The number of aromatic nitrogens is 2. The van der Waals surface area contributed by atoms with Crippen molar-refractivity contribution < 1.29 is 13.2 Å². The highest BCUT2D eigenvalue weighted by Gasteiger charge is 2.09. The molecule has 94 valence electrons. The van der Waals surface area contributed by atoms with Gasteiger partial charge in [-0.1, -0.05) is 0 Å². The molecule has 0 unspecified atom stereocenters. The molecule has 0 fully saturated rings. The predicted molar refractivity (Wildman–Crippen MR) is 66.1 cm³/mol. The zero-order chi connectivity index (χ0) is 13.2. The van der Waals surface area contributed by atoms with Gasteiger partial charge in [0.05, 0.1) is 16.7 Å². The number of carbonyl (C=O) groups excluding carboxylic acids is 1. The van der Waals surface area contributed by atoms with Gasteiger partial charge >= 0.3 is 0 Å². The summed E-state index contributed by atoms with van der Waals surface area (Å²) >= 11 is 0. The van der Waals surface area contributed by atoms with Crippen molar-refractivity contribution in [3.8, 4) is 0 Å². The van der Waals surface area contributed by atoms with E-state index in [1.807, 2.05) is 0 Å². The number of benzene rings is 1. The lowest BCUT2D eigenvalue weighted by Gasteiger charge is -2.04. The molecule has 6 nitrogen and oxygen atoms in total. The van der Waals surface area contributed by atoms with Crippen LogP contribution in [0.15, 0.2) is 41.6 Å². The van der Waals surface area contributed by atoms with Gasteiger partial charge < -0.3 is 5.32 Å². The molecule has 7 heteroatoms. The van der Waals surface area contributed by atoms with Crippen LogP contribution in [-0.4, -0.2) is 30.8 Å². The highest BCUT2D eigenvalue weighted by atomic mass is 32.2. The number of anilines is 1. The van der Waals surface area contributed by atoms with Crippen LogP contribution in [0.4, 0.5) is 5.69 Å². The standard InChI is InChI=1S/C11H11N3O3S/c1-18(16,17)10-4-2-9(3-5-10)14-11(15)8-6-12-13-7-8/h2-7H,1H3,(H,12,13)(H,14,15). The summed E-state index contributed by atoms with van der Waals surface area (Å²) < 4.78 is 22.5. The van der Waals surface area contributed by atoms with E-state index in [0.717, 1.165) is 6.26 Å². The normalized spacial score (nSPS) is 11.2. The van der Waals surface area contributed by atoms with Crippen molar-refractivity contribution in [3.05, 3.63) is 42.2 Å². The first-order valence-corrected chi connectivity index (χ1v) is 6.96. The minimum absolute atomic E-state index is 0.212. The SMILES string of the molecule is CS(=O)(=O)c1ccc(NC(=O)c2cn[nH]c2)cc1. The molecule has 2 rings (SSSR count). The van der Waals surface area contributed by atoms with Crippen LogP contribution in [-0.2, 0) is 9.84 Å². The summed E-state index contributed by atoms with van der Waals surface area (Å²) in [5, 5.41) is 8.83. The fraction of sp³-hybridized carbons (Fsp3) is 0.0909. The molecule has 0 saturated carbocycles. The van der Waals surface area contributed by atoms with Crippen LogP contribution in [0.5, 0.6) is 0 Å². The number of nitrogens with zero attached hydrogens (tertiary/aromatic N) is 1. The van der Waals surface area contributed by atoms with E-state index in [0.29, 0.717) is 11.3 Å². The Bertz CT molecular complexity index is 645. The van der Waals surface area contributed by atoms with Gasteiger partial charge in [-0.3, -0.25) is 9.89 Å². The summed E-state index contributed by atoms with van der Waals surface area (Å²) in [4.78, 5) is 11.9. The topological polar surface area (TPSA) is 91.9 Å². The summed E-state index contributed by atoms with van der Waals surface area (Å²) in [5.41, 5.74) is 0.927. The second-order valence-electron chi connectivity index (χ2n) is 3.74. The predicted octanol–water partition coefficient (Wildman–Crippen LogP) is 1.07. The molecule has 0 aliphatic carbocycles. The van der Waals surface area contributed by atoms with E-state index in [4.69, 9.17) is 0 Å². The lowest BCUT2D eigenvalue weighted by atomic mass is 10.3. The Morgan fingerprint density at radius 1 is 1.28 bits per heavy atom. The number of rotatable bonds is 3. The first-order valence-electron chi connectivity index (χ1n) is 5.07. The quantitative estimate of drug-likeness (QED) is 0.868. The van der Waals surface area contributed by atoms with Gasteiger partial charge in [-0.25, -0.2) is 8.42 Å². The average molecular weight is 265 g/mol. The molecule has 0 aliphatic heterocycles. The molecule has 0 radical (unpaired) electrons. The van der Waals surface area contributed by atoms with Gasteiger partial charge in [0, 0.05) is 18.1 Å². The molecule has 1 aromatic heterocycles. The van der Waals surface area contributed by atoms with E-state index in [9.17, 15) is 13.2 Å². The van der Waals surface area contributed by atoms with Crippen LogP contribution in [0.1, 0.15) is 10.4 Å². The maximum atomic E-state index is 11.7. The summed E-state index contributed by atoms with van der Waals surface area (Å²) in [6.45, 7) is 0. The fourth-order valence-corrected chi connectivity index (χ4v) is 1.99. The summed E-state index contributed by atoms with van der Waals surface area (Å²) in [7, 11) is -3.22. The second kappa shape index (κ2) is 4.61. The van der Waals surface area contributed by atoms with Gasteiger partial charge in [0.2, 0.25) is 0 Å². The lowest BCUT2D eigenvalue weighted by molar-refractivity contribution is 0.102. The zero-order valence-electron chi connectivity index (χ0n) is 9.54. The van der Waals surface area contributed by atoms with Crippen LogP contribution in [0.25, 0.3) is 0 Å². The van der Waals surface area contributed by atoms with E-state index < -0.39 is 9.84 Å². The van der Waals surface area contributed by atoms with E-state index in [2.05, 4.69) is 15.5 Å². The fourth-order valence-electron chi connectivity index (χ4n) is 1.36. The largest absolute Gasteiger partial charge is 0.322 e. The van der Waals surface area contributed by atoms with Gasteiger partial charge in [0.25, 0.3) is 5.91 Å². The van der Waals surface area contributed by atoms with Gasteiger partial charge in [0.1, 0.15) is 0 Å². The number of nitrogens with one attached hydrogen (secondary N) is 2. The molecule has 2 N–H and O–H groups in total. The van der Waals surface area contributed by atoms with Gasteiger partial charge in [-0.05, 0) is 24.3 Å². The van der Waals surface area contributed by atoms with Crippen molar-refractivity contribution >= 4 is 21.4 Å². The van der Waals surface area contributed by atoms with Crippen LogP contribution in [0.2, 0.25) is 0 Å². The molecule has 18 heavy (non-hydrogen) atoms. The second-order valence-corrected chi connectivity index (χ2v) is 5.75. The third-order valence-corrected chi connectivity index (χ3v) is 3.43. The number of hydrogen-bond donors (Lipinski definition) is 2. The Kier molecular flexibility index (Phi) is 3.15. The monoisotopic (exact) mass is 265 g/mol. The van der Waals surface area contributed by atoms with Crippen molar-refractivity contribution in [2.24, 2.45) is 0 Å². The molecular formula is C11H11N3O3S. The summed E-state index contributed by atoms with van der Waals surface area (Å²) in [6, 6.07) is 5.96. The van der Waals surface area contributed by atoms with Crippen molar-refractivity contribution in [1.82, 2.24) is 10.2 Å². The maximum absolute atomic E-state index is 11.7. The van der Waals surface area contributed by atoms with Crippen molar-refractivity contribution in [2.75, 3.05) is 11.6 Å². The van der Waals surface area contributed by atoms with Crippen molar-refractivity contribution in [3.63, 3.8) is 0 Å². The summed E-state index contributed by atoms with van der Waals surface area (Å²) in [6.07, 6.45) is 4.01. The number of H-pyrrole nitrogens is 1. The number of amides is 1. The first kappa shape index (κ1) is 12.3. The third-order valence-electron chi connectivity index (χ3n) is 2.30. The number of carbonyl (C=O) groups is 1. The zero-order valence-corrected chi connectivity index (χ0v) is 10.4. The summed E-state index contributed by atoms with van der Waals surface area (Å²) in [5.74, 6) is -0.309. The molecular weight excluding hydrogens is 254 g/mol. The smallest absolute Gasteiger partial charge is 0.258 e. The number of hydrogen-bond acceptors (Lipinski definition) is 4. The Labute approximate surface area is 104 Å². The third kappa shape index (κ3) is 2.75. The van der Waals surface area contributed by atoms with E-state index in [-0.39, 0.29) is 10.8 Å². The number of sulfone groups is 1. The molecule has 0 saturated heterocycles. The highest BCUT2D eigenvalue weighted by Crippen LogP contribution is 2.14. The van der Waals surface area contributed by atoms with Crippen LogP contribution >= 0.6 is 0 Å². The molecule has 1 amide bonds. The number of aromatic amines is 1. The van der Waals surface area contributed by atoms with Gasteiger partial charge in [-0.2, -0.15) is 5.10 Å². The van der Waals surface area contributed by atoms with Crippen LogP contribution in [0.3, 0.4) is 0 Å². The lowest BCUT2D eigenvalue weighted by Crippen LogP contribution is -2.11. The van der Waals surface area contributed by atoms with Crippen molar-refractivity contribution in [2.45, 2.75) is 4.90 Å². The van der Waals surface area contributed by atoms with Gasteiger partial charge in [0.15, 0.2) is 9.84 Å².